The molecule has 0 atom stereocenters. The molecule has 2 rings (SSSR count). The van der Waals surface area contributed by atoms with Crippen molar-refractivity contribution in [1.29, 1.82) is 0 Å². The first-order chi connectivity index (χ1) is 8.36. The molecular formula is C10H11ClN2O4S. The second-order valence-electron chi connectivity index (χ2n) is 3.76. The van der Waals surface area contributed by atoms with E-state index in [-0.39, 0.29) is 5.75 Å². The summed E-state index contributed by atoms with van der Waals surface area (Å²) in [5.74, 6) is -0.196. The number of carbonyl (C=O) groups is 1. The van der Waals surface area contributed by atoms with Crippen LogP contribution < -0.4 is 9.62 Å². The van der Waals surface area contributed by atoms with Gasteiger partial charge in [-0.25, -0.2) is 13.2 Å². The average molecular weight is 291 g/mol. The molecule has 1 aromatic rings. The van der Waals surface area contributed by atoms with E-state index in [0.717, 1.165) is 4.31 Å². The van der Waals surface area contributed by atoms with Crippen molar-refractivity contribution in [2.75, 3.05) is 23.8 Å². The number of hydrogen-bond acceptors (Lipinski definition) is 4. The number of amides is 1. The van der Waals surface area contributed by atoms with Crippen molar-refractivity contribution in [3.8, 4) is 0 Å². The number of halogens is 1. The molecule has 1 aromatic carbocycles. The first kappa shape index (κ1) is 13.0. The summed E-state index contributed by atoms with van der Waals surface area (Å²) >= 11 is 5.98. The zero-order chi connectivity index (χ0) is 13.5. The standard InChI is InChI=1S/C10H11ClN2O4S/c1-13-9-6(5-18(13,15)16)8(4-3-7(9)11)12-10(14)17-2/h3-4H,5H2,1-2H3,(H,12,14). The quantitative estimate of drug-likeness (QED) is 0.855. The maximum Gasteiger partial charge on any atom is 0.411 e. The van der Waals surface area contributed by atoms with Gasteiger partial charge in [0.15, 0.2) is 0 Å². The summed E-state index contributed by atoms with van der Waals surface area (Å²) in [5.41, 5.74) is 1.25. The highest BCUT2D eigenvalue weighted by Crippen LogP contribution is 2.42. The summed E-state index contributed by atoms with van der Waals surface area (Å²) in [6.07, 6.45) is -0.661. The van der Waals surface area contributed by atoms with Gasteiger partial charge in [0.1, 0.15) is 0 Å². The van der Waals surface area contributed by atoms with Crippen molar-refractivity contribution in [1.82, 2.24) is 0 Å². The summed E-state index contributed by atoms with van der Waals surface area (Å²) in [5, 5.41) is 2.79. The Morgan fingerprint density at radius 3 is 2.78 bits per heavy atom. The number of anilines is 2. The molecule has 0 unspecified atom stereocenters. The van der Waals surface area contributed by atoms with E-state index in [9.17, 15) is 13.2 Å². The Hall–Kier alpha value is -1.47. The number of fused-ring (bicyclic) bond motifs is 1. The first-order valence-corrected chi connectivity index (χ1v) is 6.98. The van der Waals surface area contributed by atoms with Crippen molar-refractivity contribution in [3.05, 3.63) is 22.7 Å². The zero-order valence-corrected chi connectivity index (χ0v) is 11.3. The van der Waals surface area contributed by atoms with Crippen molar-refractivity contribution < 1.29 is 17.9 Å². The van der Waals surface area contributed by atoms with E-state index in [0.29, 0.717) is 22.0 Å². The second kappa shape index (κ2) is 4.33. The summed E-state index contributed by atoms with van der Waals surface area (Å²) < 4.78 is 29.2. The number of nitrogens with zero attached hydrogens (tertiary/aromatic N) is 1. The maximum absolute atomic E-state index is 11.8. The van der Waals surface area contributed by atoms with Crippen molar-refractivity contribution in [3.63, 3.8) is 0 Å². The van der Waals surface area contributed by atoms with Crippen LogP contribution in [0.1, 0.15) is 5.56 Å². The minimum absolute atomic E-state index is 0.196. The molecule has 0 bridgehead atoms. The van der Waals surface area contributed by atoms with E-state index in [1.807, 2.05) is 0 Å². The number of ether oxygens (including phenoxy) is 1. The number of sulfonamides is 1. The number of benzene rings is 1. The number of hydrogen-bond donors (Lipinski definition) is 1. The van der Waals surface area contributed by atoms with Crippen LogP contribution in [-0.4, -0.2) is 28.7 Å². The number of carbonyl (C=O) groups excluding carboxylic acids is 1. The molecule has 0 fully saturated rings. The average Bonchev–Trinajstić information content (AvgIpc) is 2.55. The Kier molecular flexibility index (Phi) is 3.12. The summed E-state index contributed by atoms with van der Waals surface area (Å²) in [7, 11) is -0.759. The van der Waals surface area contributed by atoms with E-state index >= 15 is 0 Å². The van der Waals surface area contributed by atoms with E-state index in [2.05, 4.69) is 10.1 Å². The Morgan fingerprint density at radius 2 is 2.17 bits per heavy atom. The second-order valence-corrected chi connectivity index (χ2v) is 6.17. The SMILES string of the molecule is COC(=O)Nc1ccc(Cl)c2c1CS(=O)(=O)N2C. The lowest BCUT2D eigenvalue weighted by molar-refractivity contribution is 0.187. The Morgan fingerprint density at radius 1 is 1.50 bits per heavy atom. The fraction of sp³-hybridized carbons (Fsp3) is 0.300. The largest absolute Gasteiger partial charge is 0.453 e. The van der Waals surface area contributed by atoms with Gasteiger partial charge in [0, 0.05) is 12.6 Å². The molecule has 8 heteroatoms. The molecule has 0 radical (unpaired) electrons. The topological polar surface area (TPSA) is 75.7 Å². The first-order valence-electron chi connectivity index (χ1n) is 5.00. The molecule has 1 aliphatic rings. The predicted molar refractivity (Wildman–Crippen MR) is 68.5 cm³/mol. The Bertz CT molecular complexity index is 615. The molecular weight excluding hydrogens is 280 g/mol. The monoisotopic (exact) mass is 290 g/mol. The van der Waals surface area contributed by atoms with E-state index in [1.165, 1.54) is 20.2 Å². The Balaban J connectivity index is 2.53. The molecule has 1 N–H and O–H groups in total. The van der Waals surface area contributed by atoms with Gasteiger partial charge < -0.3 is 4.74 Å². The Labute approximate surface area is 110 Å². The van der Waals surface area contributed by atoms with E-state index < -0.39 is 16.1 Å². The molecule has 1 aliphatic heterocycles. The van der Waals surface area contributed by atoms with Crippen molar-refractivity contribution in [2.45, 2.75) is 5.75 Å². The summed E-state index contributed by atoms with van der Waals surface area (Å²) in [6.45, 7) is 0. The van der Waals surface area contributed by atoms with Gasteiger partial charge >= 0.3 is 6.09 Å². The zero-order valence-electron chi connectivity index (χ0n) is 9.73. The van der Waals surface area contributed by atoms with Gasteiger partial charge in [-0.15, -0.1) is 0 Å². The lowest BCUT2D eigenvalue weighted by atomic mass is 10.1. The highest BCUT2D eigenvalue weighted by molar-refractivity contribution is 7.92. The van der Waals surface area contributed by atoms with Crippen molar-refractivity contribution in [2.24, 2.45) is 0 Å². The number of nitrogens with one attached hydrogen (secondary N) is 1. The van der Waals surface area contributed by atoms with Crippen LogP contribution in [-0.2, 0) is 20.5 Å². The van der Waals surface area contributed by atoms with Crippen LogP contribution in [0, 0.1) is 0 Å². The molecule has 18 heavy (non-hydrogen) atoms. The van der Waals surface area contributed by atoms with Gasteiger partial charge in [-0.1, -0.05) is 11.6 Å². The van der Waals surface area contributed by atoms with Gasteiger partial charge in [0.25, 0.3) is 0 Å². The summed E-state index contributed by atoms with van der Waals surface area (Å²) in [6, 6.07) is 3.08. The van der Waals surface area contributed by atoms with Crippen LogP contribution in [0.25, 0.3) is 0 Å². The maximum atomic E-state index is 11.8. The highest BCUT2D eigenvalue weighted by atomic mass is 35.5. The van der Waals surface area contributed by atoms with Gasteiger partial charge in [0.05, 0.1) is 29.3 Å². The molecule has 0 saturated carbocycles. The van der Waals surface area contributed by atoms with Gasteiger partial charge in [-0.3, -0.25) is 9.62 Å². The lowest BCUT2D eigenvalue weighted by Gasteiger charge is -2.14. The lowest BCUT2D eigenvalue weighted by Crippen LogP contribution is -2.21. The van der Waals surface area contributed by atoms with E-state index in [4.69, 9.17) is 11.6 Å². The number of rotatable bonds is 1. The molecule has 0 aliphatic carbocycles. The van der Waals surface area contributed by atoms with Crippen LogP contribution in [0.2, 0.25) is 5.02 Å². The van der Waals surface area contributed by atoms with Gasteiger partial charge in [0.2, 0.25) is 10.0 Å². The molecule has 0 spiro atoms. The molecule has 0 saturated heterocycles. The van der Waals surface area contributed by atoms with Crippen LogP contribution in [0.4, 0.5) is 16.2 Å². The van der Waals surface area contributed by atoms with Crippen LogP contribution in [0.5, 0.6) is 0 Å². The summed E-state index contributed by atoms with van der Waals surface area (Å²) in [4.78, 5) is 11.2. The third-order valence-corrected chi connectivity index (χ3v) is 4.69. The van der Waals surface area contributed by atoms with Crippen LogP contribution >= 0.6 is 11.6 Å². The predicted octanol–water partition coefficient (Wildman–Crippen LogP) is 1.80. The fourth-order valence-corrected chi connectivity index (χ4v) is 3.48. The third-order valence-electron chi connectivity index (χ3n) is 2.71. The van der Waals surface area contributed by atoms with Crippen molar-refractivity contribution >= 4 is 39.1 Å². The molecule has 98 valence electrons. The van der Waals surface area contributed by atoms with Crippen LogP contribution in [0.3, 0.4) is 0 Å². The van der Waals surface area contributed by atoms with E-state index in [1.54, 1.807) is 6.07 Å². The molecule has 0 aromatic heterocycles. The molecule has 1 heterocycles. The van der Waals surface area contributed by atoms with Crippen LogP contribution in [0.15, 0.2) is 12.1 Å². The normalized spacial score (nSPS) is 16.3. The minimum Gasteiger partial charge on any atom is -0.453 e. The number of methoxy groups -OCH3 is 1. The minimum atomic E-state index is -3.41. The highest BCUT2D eigenvalue weighted by Gasteiger charge is 2.34. The smallest absolute Gasteiger partial charge is 0.411 e. The van der Waals surface area contributed by atoms with Gasteiger partial charge in [-0.2, -0.15) is 0 Å². The molecule has 1 amide bonds. The molecule has 6 nitrogen and oxygen atoms in total. The third kappa shape index (κ3) is 1.99. The fourth-order valence-electron chi connectivity index (χ4n) is 1.79. The van der Waals surface area contributed by atoms with Gasteiger partial charge in [-0.05, 0) is 12.1 Å².